The summed E-state index contributed by atoms with van der Waals surface area (Å²) < 4.78 is 0. The van der Waals surface area contributed by atoms with Crippen molar-refractivity contribution in [2.75, 3.05) is 6.54 Å². The molecule has 0 aliphatic heterocycles. The zero-order chi connectivity index (χ0) is 12.3. The minimum Gasteiger partial charge on any atom is -0.298 e. The highest BCUT2D eigenvalue weighted by Crippen LogP contribution is 2.12. The molecule has 0 rings (SSSR count). The Morgan fingerprint density at radius 2 is 1.88 bits per heavy atom. The Morgan fingerprint density at radius 3 is 2.50 bits per heavy atom. The number of unbranched alkanes of at least 4 members (excludes halogenated alkanes) is 3. The topological polar surface area (TPSA) is 12.4 Å². The summed E-state index contributed by atoms with van der Waals surface area (Å²) >= 11 is 0. The second-order valence-corrected chi connectivity index (χ2v) is 9.99. The van der Waals surface area contributed by atoms with Gasteiger partial charge in [-0.2, -0.15) is 0 Å². The van der Waals surface area contributed by atoms with E-state index in [9.17, 15) is 0 Å². The minimum atomic E-state index is -1.06. The predicted octanol–water partition coefficient (Wildman–Crippen LogP) is 4.85. The molecular formula is C14H29NSi. The van der Waals surface area contributed by atoms with Crippen LogP contribution < -0.4 is 0 Å². The van der Waals surface area contributed by atoms with Gasteiger partial charge in [-0.15, -0.1) is 0 Å². The largest absolute Gasteiger partial charge is 0.298 e. The molecule has 0 fully saturated rings. The van der Waals surface area contributed by atoms with Crippen LogP contribution in [0.5, 0.6) is 0 Å². The van der Waals surface area contributed by atoms with Crippen LogP contribution in [0.4, 0.5) is 0 Å². The van der Waals surface area contributed by atoms with Gasteiger partial charge in [-0.25, -0.2) is 0 Å². The number of nitrogens with zero attached hydrogens (tertiary/aromatic N) is 1. The molecule has 0 aromatic carbocycles. The fraction of sp³-hybridized carbons (Fsp3) is 0.786. The van der Waals surface area contributed by atoms with Gasteiger partial charge in [0.05, 0.1) is 8.07 Å². The van der Waals surface area contributed by atoms with Gasteiger partial charge in [0.15, 0.2) is 0 Å². The van der Waals surface area contributed by atoms with E-state index in [2.05, 4.69) is 49.9 Å². The maximum Gasteiger partial charge on any atom is 0.0716 e. The maximum atomic E-state index is 4.48. The maximum absolute atomic E-state index is 4.48. The molecule has 16 heavy (non-hydrogen) atoms. The van der Waals surface area contributed by atoms with E-state index >= 15 is 0 Å². The summed E-state index contributed by atoms with van der Waals surface area (Å²) in [6, 6.07) is 1.33. The van der Waals surface area contributed by atoms with Crippen molar-refractivity contribution in [1.82, 2.24) is 0 Å². The highest BCUT2D eigenvalue weighted by molar-refractivity contribution is 6.82. The zero-order valence-electron chi connectivity index (χ0n) is 11.6. The smallest absolute Gasteiger partial charge is 0.0716 e. The van der Waals surface area contributed by atoms with E-state index in [-0.39, 0.29) is 0 Å². The summed E-state index contributed by atoms with van der Waals surface area (Å²) in [4.78, 5) is 4.48. The zero-order valence-corrected chi connectivity index (χ0v) is 12.6. The van der Waals surface area contributed by atoms with Gasteiger partial charge in [-0.3, -0.25) is 4.99 Å². The van der Waals surface area contributed by atoms with Crippen LogP contribution >= 0.6 is 0 Å². The van der Waals surface area contributed by atoms with E-state index in [1.165, 1.54) is 31.7 Å². The average molecular weight is 239 g/mol. The lowest BCUT2D eigenvalue weighted by atomic mass is 10.2. The van der Waals surface area contributed by atoms with Crippen molar-refractivity contribution in [2.45, 2.75) is 65.1 Å². The summed E-state index contributed by atoms with van der Waals surface area (Å²) in [7, 11) is -1.06. The monoisotopic (exact) mass is 239 g/mol. The van der Waals surface area contributed by atoms with Crippen molar-refractivity contribution in [3.8, 4) is 0 Å². The van der Waals surface area contributed by atoms with Crippen LogP contribution in [0.1, 0.15) is 46.0 Å². The van der Waals surface area contributed by atoms with E-state index in [1.54, 1.807) is 0 Å². The SMILES string of the molecule is CC=C[Si](C)(C)CCC=NCCCCCC. The molecule has 2 heteroatoms. The normalized spacial score (nSPS) is 13.0. The first-order valence-electron chi connectivity index (χ1n) is 6.74. The van der Waals surface area contributed by atoms with E-state index in [0.29, 0.717) is 0 Å². The predicted molar refractivity (Wildman–Crippen MR) is 79.2 cm³/mol. The van der Waals surface area contributed by atoms with Crippen molar-refractivity contribution < 1.29 is 0 Å². The molecule has 0 radical (unpaired) electrons. The van der Waals surface area contributed by atoms with Gasteiger partial charge < -0.3 is 0 Å². The van der Waals surface area contributed by atoms with E-state index in [1.807, 2.05) is 0 Å². The summed E-state index contributed by atoms with van der Waals surface area (Å²) in [6.07, 6.45) is 10.8. The number of allylic oxidation sites excluding steroid dienone is 1. The van der Waals surface area contributed by atoms with E-state index in [0.717, 1.165) is 13.0 Å². The molecular weight excluding hydrogens is 210 g/mol. The quantitative estimate of drug-likeness (QED) is 0.310. The molecule has 94 valence electrons. The molecule has 0 spiro atoms. The first kappa shape index (κ1) is 15.6. The second kappa shape index (κ2) is 9.82. The van der Waals surface area contributed by atoms with Crippen molar-refractivity contribution >= 4 is 14.3 Å². The molecule has 0 atom stereocenters. The van der Waals surface area contributed by atoms with Crippen molar-refractivity contribution in [2.24, 2.45) is 4.99 Å². The van der Waals surface area contributed by atoms with Crippen molar-refractivity contribution in [1.29, 1.82) is 0 Å². The van der Waals surface area contributed by atoms with Crippen LogP contribution in [-0.2, 0) is 0 Å². The van der Waals surface area contributed by atoms with Crippen LogP contribution in [0.2, 0.25) is 19.1 Å². The molecule has 0 saturated heterocycles. The van der Waals surface area contributed by atoms with E-state index < -0.39 is 8.07 Å². The Labute approximate surface area is 103 Å². The lowest BCUT2D eigenvalue weighted by Crippen LogP contribution is -2.21. The van der Waals surface area contributed by atoms with Crippen LogP contribution in [0.15, 0.2) is 16.8 Å². The first-order valence-corrected chi connectivity index (χ1v) is 10.0. The fourth-order valence-corrected chi connectivity index (χ4v) is 3.73. The Kier molecular flexibility index (Phi) is 9.60. The second-order valence-electron chi connectivity index (χ2n) is 5.18. The van der Waals surface area contributed by atoms with Gasteiger partial charge in [0.1, 0.15) is 0 Å². The van der Waals surface area contributed by atoms with Gasteiger partial charge in [0.2, 0.25) is 0 Å². The Morgan fingerprint density at radius 1 is 1.12 bits per heavy atom. The minimum absolute atomic E-state index is 1.03. The molecule has 0 aliphatic rings. The summed E-state index contributed by atoms with van der Waals surface area (Å²) in [5.74, 6) is 0. The Bertz CT molecular complexity index is 207. The summed E-state index contributed by atoms with van der Waals surface area (Å²) in [6.45, 7) is 10.2. The number of hydrogen-bond acceptors (Lipinski definition) is 1. The highest BCUT2D eigenvalue weighted by Gasteiger charge is 2.14. The van der Waals surface area contributed by atoms with Gasteiger partial charge in [0, 0.05) is 6.54 Å². The van der Waals surface area contributed by atoms with E-state index in [4.69, 9.17) is 0 Å². The molecule has 0 aliphatic carbocycles. The average Bonchev–Trinajstić information content (AvgIpc) is 2.22. The van der Waals surface area contributed by atoms with Gasteiger partial charge >= 0.3 is 0 Å². The van der Waals surface area contributed by atoms with Crippen molar-refractivity contribution in [3.05, 3.63) is 11.8 Å². The third-order valence-corrected chi connectivity index (χ3v) is 5.62. The fourth-order valence-electron chi connectivity index (χ4n) is 1.78. The van der Waals surface area contributed by atoms with Crippen LogP contribution in [0, 0.1) is 0 Å². The third kappa shape index (κ3) is 10.2. The molecule has 0 N–H and O–H groups in total. The standard InChI is InChI=1S/C14H29NSi/c1-5-7-8-9-11-15-12-10-14-16(3,4)13-6-2/h6,12-13H,5,7-11,14H2,1-4H3. The molecule has 0 heterocycles. The molecule has 0 saturated carbocycles. The molecule has 0 unspecified atom stereocenters. The number of hydrogen-bond donors (Lipinski definition) is 0. The third-order valence-electron chi connectivity index (χ3n) is 2.81. The molecule has 0 bridgehead atoms. The molecule has 1 nitrogen and oxygen atoms in total. The van der Waals surface area contributed by atoms with Gasteiger partial charge in [-0.1, -0.05) is 51.1 Å². The Hall–Kier alpha value is -0.373. The van der Waals surface area contributed by atoms with Crippen LogP contribution in [0.3, 0.4) is 0 Å². The Balaban J connectivity index is 3.47. The lowest BCUT2D eigenvalue weighted by molar-refractivity contribution is 0.675. The first-order chi connectivity index (χ1) is 7.62. The van der Waals surface area contributed by atoms with Gasteiger partial charge in [0.25, 0.3) is 0 Å². The highest BCUT2D eigenvalue weighted by atomic mass is 28.3. The molecule has 0 aromatic heterocycles. The number of aliphatic imine (C=N–C) groups is 1. The lowest BCUT2D eigenvalue weighted by Gasteiger charge is -2.15. The summed E-state index contributed by atoms with van der Waals surface area (Å²) in [5, 5.41) is 0. The summed E-state index contributed by atoms with van der Waals surface area (Å²) in [5.41, 5.74) is 2.42. The molecule has 0 amide bonds. The van der Waals surface area contributed by atoms with Crippen LogP contribution in [0.25, 0.3) is 0 Å². The number of rotatable bonds is 9. The van der Waals surface area contributed by atoms with Crippen LogP contribution in [-0.4, -0.2) is 20.8 Å². The van der Waals surface area contributed by atoms with Crippen molar-refractivity contribution in [3.63, 3.8) is 0 Å². The molecule has 0 aromatic rings. The van der Waals surface area contributed by atoms with Gasteiger partial charge in [-0.05, 0) is 32.0 Å².